The number of carboxylic acid groups (broad SMARTS) is 1. The minimum atomic E-state index is -0.890. The molecule has 4 atom stereocenters. The first-order valence-electron chi connectivity index (χ1n) is 12.0. The van der Waals surface area contributed by atoms with Crippen LogP contribution in [-0.4, -0.2) is 46.4 Å². The number of aryl methyl sites for hydroxylation is 2. The molecule has 1 aromatic heterocycles. The number of nitrogens with one attached hydrogen (secondary N) is 1. The van der Waals surface area contributed by atoms with E-state index in [4.69, 9.17) is 16.6 Å². The van der Waals surface area contributed by atoms with E-state index in [9.17, 15) is 14.7 Å². The van der Waals surface area contributed by atoms with Gasteiger partial charge in [0.2, 0.25) is 0 Å². The summed E-state index contributed by atoms with van der Waals surface area (Å²) in [6.07, 6.45) is 5.59. The number of anilines is 1. The Kier molecular flexibility index (Phi) is 6.39. The van der Waals surface area contributed by atoms with E-state index in [2.05, 4.69) is 17.4 Å². The van der Waals surface area contributed by atoms with Gasteiger partial charge in [-0.2, -0.15) is 0 Å². The summed E-state index contributed by atoms with van der Waals surface area (Å²) < 4.78 is 0. The maximum Gasteiger partial charge on any atom is 0.325 e. The molecule has 1 saturated heterocycles. The number of unbranched alkanes of at least 4 members (excludes halogenated alkanes) is 1. The maximum absolute atomic E-state index is 12.8. The molecule has 2 unspecified atom stereocenters. The number of aromatic nitrogens is 1. The number of fused-ring (bicyclic) bond motifs is 2. The predicted octanol–water partition coefficient (Wildman–Crippen LogP) is 4.38. The highest BCUT2D eigenvalue weighted by Crippen LogP contribution is 2.54. The van der Waals surface area contributed by atoms with Crippen LogP contribution in [0.3, 0.4) is 0 Å². The molecule has 1 aliphatic carbocycles. The SMILES string of the molecule is O=C(CCCCc1ccc2c(n1)NCCC2)C1[C@H]2CN(C(C(=O)O)c3ccccc3Cl)C[C@@H]12. The molecule has 2 aromatic rings. The van der Waals surface area contributed by atoms with Gasteiger partial charge in [0.1, 0.15) is 17.6 Å². The van der Waals surface area contributed by atoms with Gasteiger partial charge in [0.15, 0.2) is 0 Å². The number of nitrogens with zero attached hydrogens (tertiary/aromatic N) is 2. The third kappa shape index (κ3) is 4.64. The van der Waals surface area contributed by atoms with Crippen molar-refractivity contribution in [1.29, 1.82) is 0 Å². The summed E-state index contributed by atoms with van der Waals surface area (Å²) >= 11 is 6.27. The van der Waals surface area contributed by atoms with E-state index in [1.54, 1.807) is 18.2 Å². The molecule has 1 saturated carbocycles. The van der Waals surface area contributed by atoms with E-state index in [0.717, 1.165) is 50.2 Å². The summed E-state index contributed by atoms with van der Waals surface area (Å²) in [5, 5.41) is 13.7. The molecule has 0 radical (unpaired) electrons. The largest absolute Gasteiger partial charge is 0.480 e. The number of likely N-dealkylation sites (tertiary alicyclic amines) is 1. The number of aliphatic carboxylic acids is 1. The van der Waals surface area contributed by atoms with Crippen LogP contribution in [0.1, 0.15) is 48.5 Å². The monoisotopic (exact) mass is 467 g/mol. The molecular formula is C26H30ClN3O3. The Morgan fingerprint density at radius 2 is 1.94 bits per heavy atom. The Hall–Kier alpha value is -2.44. The van der Waals surface area contributed by atoms with Crippen molar-refractivity contribution in [3.05, 3.63) is 58.2 Å². The lowest BCUT2D eigenvalue weighted by Crippen LogP contribution is -2.35. The zero-order valence-corrected chi connectivity index (χ0v) is 19.4. The zero-order valence-electron chi connectivity index (χ0n) is 18.7. The van der Waals surface area contributed by atoms with Gasteiger partial charge in [-0.05, 0) is 67.2 Å². The minimum Gasteiger partial charge on any atom is -0.480 e. The summed E-state index contributed by atoms with van der Waals surface area (Å²) in [7, 11) is 0. The number of carbonyl (C=O) groups excluding carboxylic acids is 1. The summed E-state index contributed by atoms with van der Waals surface area (Å²) in [4.78, 5) is 31.5. The van der Waals surface area contributed by atoms with E-state index in [1.807, 2.05) is 11.0 Å². The van der Waals surface area contributed by atoms with Gasteiger partial charge in [0.25, 0.3) is 0 Å². The molecule has 5 rings (SSSR count). The van der Waals surface area contributed by atoms with Gasteiger partial charge in [-0.15, -0.1) is 0 Å². The van der Waals surface area contributed by atoms with E-state index >= 15 is 0 Å². The Morgan fingerprint density at radius 1 is 1.15 bits per heavy atom. The van der Waals surface area contributed by atoms with Crippen molar-refractivity contribution in [2.45, 2.75) is 44.6 Å². The second-order valence-corrected chi connectivity index (χ2v) is 9.99. The average molecular weight is 468 g/mol. The molecule has 1 aromatic carbocycles. The van der Waals surface area contributed by atoms with Crippen LogP contribution >= 0.6 is 11.6 Å². The fourth-order valence-electron chi connectivity index (χ4n) is 5.71. The second-order valence-electron chi connectivity index (χ2n) is 9.58. The number of hydrogen-bond acceptors (Lipinski definition) is 5. The quantitative estimate of drug-likeness (QED) is 0.532. The average Bonchev–Trinajstić information content (AvgIpc) is 3.32. The first kappa shape index (κ1) is 22.4. The molecule has 0 spiro atoms. The van der Waals surface area contributed by atoms with Gasteiger partial charge in [-0.3, -0.25) is 14.5 Å². The van der Waals surface area contributed by atoms with Crippen molar-refractivity contribution in [1.82, 2.24) is 9.88 Å². The van der Waals surface area contributed by atoms with E-state index < -0.39 is 12.0 Å². The number of pyridine rings is 1. The third-order valence-corrected chi connectivity index (χ3v) is 7.80. The van der Waals surface area contributed by atoms with Gasteiger partial charge < -0.3 is 10.4 Å². The van der Waals surface area contributed by atoms with Gasteiger partial charge >= 0.3 is 5.97 Å². The highest BCUT2D eigenvalue weighted by atomic mass is 35.5. The standard InChI is InChI=1S/C26H30ClN3O3/c27-21-9-3-2-8-18(21)24(26(32)33)30-14-19-20(15-30)23(19)22(31)10-4-1-7-17-12-11-16-6-5-13-28-25(16)29-17/h2-3,8-9,11-12,19-20,23-24H,1,4-7,10,13-15H2,(H,28,29)(H,32,33)/t19-,20+,23?,24?. The van der Waals surface area contributed by atoms with Gasteiger partial charge in [-0.1, -0.05) is 35.9 Å². The van der Waals surface area contributed by atoms with Crippen LogP contribution in [0.15, 0.2) is 36.4 Å². The number of hydrogen-bond donors (Lipinski definition) is 2. The Morgan fingerprint density at radius 3 is 2.70 bits per heavy atom. The Bertz CT molecular complexity index is 1050. The van der Waals surface area contributed by atoms with Crippen molar-refractivity contribution in [2.75, 3.05) is 25.0 Å². The van der Waals surface area contributed by atoms with Crippen LogP contribution in [-0.2, 0) is 22.4 Å². The first-order valence-corrected chi connectivity index (χ1v) is 12.4. The number of rotatable bonds is 9. The van der Waals surface area contributed by atoms with Gasteiger partial charge in [0, 0.05) is 42.7 Å². The number of carboxylic acids is 1. The molecule has 6 nitrogen and oxygen atoms in total. The van der Waals surface area contributed by atoms with Crippen molar-refractivity contribution in [3.63, 3.8) is 0 Å². The maximum atomic E-state index is 12.8. The van der Waals surface area contributed by atoms with Crippen LogP contribution in [0.2, 0.25) is 5.02 Å². The molecule has 7 heteroatoms. The van der Waals surface area contributed by atoms with Gasteiger partial charge in [-0.25, -0.2) is 4.98 Å². The number of carbonyl (C=O) groups is 2. The normalized spacial score (nSPS) is 24.5. The van der Waals surface area contributed by atoms with Gasteiger partial charge in [0.05, 0.1) is 0 Å². The lowest BCUT2D eigenvalue weighted by molar-refractivity contribution is -0.143. The molecule has 2 fully saturated rings. The molecule has 33 heavy (non-hydrogen) atoms. The highest BCUT2D eigenvalue weighted by Gasteiger charge is 2.60. The fourth-order valence-corrected chi connectivity index (χ4v) is 5.95. The third-order valence-electron chi connectivity index (χ3n) is 7.45. The zero-order chi connectivity index (χ0) is 22.9. The summed E-state index contributed by atoms with van der Waals surface area (Å²) in [6.45, 7) is 2.29. The van der Waals surface area contributed by atoms with Crippen LogP contribution < -0.4 is 5.32 Å². The predicted molar refractivity (Wildman–Crippen MR) is 127 cm³/mol. The number of Topliss-reactive ketones (excluding diaryl/α,β-unsaturated/α-hetero) is 1. The van der Waals surface area contributed by atoms with Crippen LogP contribution in [0.25, 0.3) is 0 Å². The molecule has 0 amide bonds. The van der Waals surface area contributed by atoms with Crippen molar-refractivity contribution < 1.29 is 14.7 Å². The molecular weight excluding hydrogens is 438 g/mol. The number of piperidine rings is 1. The van der Waals surface area contributed by atoms with Crippen molar-refractivity contribution in [3.8, 4) is 0 Å². The molecule has 3 aliphatic rings. The van der Waals surface area contributed by atoms with Crippen LogP contribution in [0.5, 0.6) is 0 Å². The highest BCUT2D eigenvalue weighted by molar-refractivity contribution is 6.31. The summed E-state index contributed by atoms with van der Waals surface area (Å²) in [5.41, 5.74) is 3.02. The van der Waals surface area contributed by atoms with Crippen LogP contribution in [0, 0.1) is 17.8 Å². The van der Waals surface area contributed by atoms with E-state index in [-0.39, 0.29) is 17.8 Å². The number of ketones is 1. The smallest absolute Gasteiger partial charge is 0.325 e. The van der Waals surface area contributed by atoms with Crippen LogP contribution in [0.4, 0.5) is 5.82 Å². The fraction of sp³-hybridized carbons (Fsp3) is 0.500. The van der Waals surface area contributed by atoms with E-state index in [0.29, 0.717) is 35.9 Å². The molecule has 2 N–H and O–H groups in total. The summed E-state index contributed by atoms with van der Waals surface area (Å²) in [5.74, 6) is 1.16. The first-order chi connectivity index (χ1) is 16.0. The second kappa shape index (κ2) is 9.43. The number of halogens is 1. The topological polar surface area (TPSA) is 82.5 Å². The molecule has 2 aliphatic heterocycles. The lowest BCUT2D eigenvalue weighted by Gasteiger charge is -2.27. The molecule has 174 valence electrons. The minimum absolute atomic E-state index is 0.105. The Labute approximate surface area is 199 Å². The van der Waals surface area contributed by atoms with Crippen molar-refractivity contribution in [2.24, 2.45) is 17.8 Å². The number of benzene rings is 1. The van der Waals surface area contributed by atoms with E-state index in [1.165, 1.54) is 5.56 Å². The molecule has 3 heterocycles. The van der Waals surface area contributed by atoms with Crippen molar-refractivity contribution >= 4 is 29.2 Å². The lowest BCUT2D eigenvalue weighted by atomic mass is 10.0. The Balaban J connectivity index is 1.08. The summed E-state index contributed by atoms with van der Waals surface area (Å²) in [6, 6.07) is 10.7. The molecule has 0 bridgehead atoms.